The Morgan fingerprint density at radius 1 is 1.19 bits per heavy atom. The molecule has 1 aliphatic heterocycles. The highest BCUT2D eigenvalue weighted by molar-refractivity contribution is 9.10. The van der Waals surface area contributed by atoms with Gasteiger partial charge in [0, 0.05) is 35.7 Å². The van der Waals surface area contributed by atoms with Crippen LogP contribution in [-0.2, 0) is 4.43 Å². The second-order valence-electron chi connectivity index (χ2n) is 8.95. The van der Waals surface area contributed by atoms with Crippen LogP contribution in [0.15, 0.2) is 28.7 Å². The topological polar surface area (TPSA) is 29.5 Å². The van der Waals surface area contributed by atoms with E-state index in [1.54, 1.807) is 0 Å². The maximum Gasteiger partial charge on any atom is 0.192 e. The second kappa shape index (κ2) is 9.13. The Hall–Kier alpha value is -0.493. The Morgan fingerprint density at radius 3 is 2.31 bits per heavy atom. The first kappa shape index (κ1) is 21.8. The van der Waals surface area contributed by atoms with E-state index >= 15 is 0 Å². The molecular formula is C21H34BrNO2Si. The van der Waals surface area contributed by atoms with Gasteiger partial charge in [-0.25, -0.2) is 0 Å². The van der Waals surface area contributed by atoms with Crippen molar-refractivity contribution in [2.45, 2.75) is 70.7 Å². The van der Waals surface area contributed by atoms with Gasteiger partial charge in [-0.05, 0) is 56.1 Å². The van der Waals surface area contributed by atoms with Gasteiger partial charge in [-0.15, -0.1) is 0 Å². The standard InChI is InChI=1S/C21H34BrNO2Si/c1-21(2,3)26(4,5)25-19-12-15-23(16-13-19)14-6-7-20(24)17-8-10-18(22)11-9-17/h8-11,19H,6-7,12-16H2,1-5H3. The number of likely N-dealkylation sites (tertiary alicyclic amines) is 1. The first-order valence-corrected chi connectivity index (χ1v) is 13.5. The number of hydrogen-bond donors (Lipinski definition) is 0. The minimum Gasteiger partial charge on any atom is -0.414 e. The van der Waals surface area contributed by atoms with Crippen LogP contribution in [0.5, 0.6) is 0 Å². The van der Waals surface area contributed by atoms with Crippen LogP contribution < -0.4 is 0 Å². The number of carbonyl (C=O) groups excluding carboxylic acids is 1. The third-order valence-electron chi connectivity index (χ3n) is 5.85. The van der Waals surface area contributed by atoms with E-state index < -0.39 is 8.32 Å². The third-order valence-corrected chi connectivity index (χ3v) is 10.9. The highest BCUT2D eigenvalue weighted by Crippen LogP contribution is 2.38. The minimum atomic E-state index is -1.66. The first-order chi connectivity index (χ1) is 12.1. The maximum absolute atomic E-state index is 12.3. The summed E-state index contributed by atoms with van der Waals surface area (Å²) in [7, 11) is -1.66. The zero-order valence-corrected chi connectivity index (χ0v) is 19.6. The Balaban J connectivity index is 1.69. The molecule has 0 saturated carbocycles. The van der Waals surface area contributed by atoms with Crippen molar-refractivity contribution in [2.24, 2.45) is 0 Å². The number of rotatable bonds is 7. The zero-order valence-electron chi connectivity index (χ0n) is 17.0. The lowest BCUT2D eigenvalue weighted by atomic mass is 10.1. The lowest BCUT2D eigenvalue weighted by Gasteiger charge is -2.42. The van der Waals surface area contributed by atoms with Crippen molar-refractivity contribution in [1.82, 2.24) is 4.90 Å². The van der Waals surface area contributed by atoms with Gasteiger partial charge >= 0.3 is 0 Å². The van der Waals surface area contributed by atoms with Gasteiger partial charge in [-0.1, -0.05) is 48.8 Å². The smallest absolute Gasteiger partial charge is 0.192 e. The summed E-state index contributed by atoms with van der Waals surface area (Å²) in [4.78, 5) is 14.7. The van der Waals surface area contributed by atoms with Crippen LogP contribution in [0.4, 0.5) is 0 Å². The Bertz CT molecular complexity index is 587. The average molecular weight is 440 g/mol. The summed E-state index contributed by atoms with van der Waals surface area (Å²) in [6, 6.07) is 7.66. The van der Waals surface area contributed by atoms with Gasteiger partial charge in [-0.2, -0.15) is 0 Å². The molecule has 1 heterocycles. The Morgan fingerprint density at radius 2 is 1.77 bits per heavy atom. The molecule has 1 aromatic carbocycles. The van der Waals surface area contributed by atoms with Gasteiger partial charge in [0.1, 0.15) is 0 Å². The number of benzene rings is 1. The van der Waals surface area contributed by atoms with Gasteiger partial charge in [0.15, 0.2) is 14.1 Å². The lowest BCUT2D eigenvalue weighted by Crippen LogP contribution is -2.47. The highest BCUT2D eigenvalue weighted by Gasteiger charge is 2.39. The van der Waals surface area contributed by atoms with Crippen molar-refractivity contribution >= 4 is 30.0 Å². The van der Waals surface area contributed by atoms with Crippen molar-refractivity contribution < 1.29 is 9.22 Å². The van der Waals surface area contributed by atoms with Crippen LogP contribution in [0.3, 0.4) is 0 Å². The van der Waals surface area contributed by atoms with Crippen LogP contribution in [0.25, 0.3) is 0 Å². The molecule has 1 saturated heterocycles. The van der Waals surface area contributed by atoms with E-state index in [9.17, 15) is 4.79 Å². The zero-order chi connectivity index (χ0) is 19.4. The summed E-state index contributed by atoms with van der Waals surface area (Å²) < 4.78 is 7.57. The molecule has 0 bridgehead atoms. The number of halogens is 1. The Labute approximate surface area is 168 Å². The van der Waals surface area contributed by atoms with Crippen LogP contribution in [0.2, 0.25) is 18.1 Å². The molecule has 0 aliphatic carbocycles. The fourth-order valence-corrected chi connectivity index (χ4v) is 4.77. The quantitative estimate of drug-likeness (QED) is 0.391. The number of piperidine rings is 1. The molecule has 26 heavy (non-hydrogen) atoms. The number of ketones is 1. The van der Waals surface area contributed by atoms with E-state index in [4.69, 9.17) is 4.43 Å². The highest BCUT2D eigenvalue weighted by atomic mass is 79.9. The van der Waals surface area contributed by atoms with Gasteiger partial charge in [0.25, 0.3) is 0 Å². The van der Waals surface area contributed by atoms with Crippen molar-refractivity contribution in [1.29, 1.82) is 0 Å². The van der Waals surface area contributed by atoms with Crippen LogP contribution in [0.1, 0.15) is 56.8 Å². The number of nitrogens with zero attached hydrogens (tertiary/aromatic N) is 1. The molecule has 1 fully saturated rings. The van der Waals surface area contributed by atoms with Crippen LogP contribution in [-0.4, -0.2) is 44.7 Å². The third kappa shape index (κ3) is 6.29. The van der Waals surface area contributed by atoms with Crippen molar-refractivity contribution in [2.75, 3.05) is 19.6 Å². The Kier molecular flexibility index (Phi) is 7.66. The van der Waals surface area contributed by atoms with E-state index in [-0.39, 0.29) is 10.8 Å². The van der Waals surface area contributed by atoms with Crippen molar-refractivity contribution in [3.05, 3.63) is 34.3 Å². The summed E-state index contributed by atoms with van der Waals surface area (Å²) >= 11 is 3.41. The van der Waals surface area contributed by atoms with E-state index in [1.807, 2.05) is 24.3 Å². The van der Waals surface area contributed by atoms with Crippen molar-refractivity contribution in [3.8, 4) is 0 Å². The molecule has 1 aromatic rings. The van der Waals surface area contributed by atoms with E-state index in [1.165, 1.54) is 0 Å². The van der Waals surface area contributed by atoms with Gasteiger partial charge in [0.2, 0.25) is 0 Å². The first-order valence-electron chi connectivity index (χ1n) is 9.77. The van der Waals surface area contributed by atoms with E-state index in [0.717, 1.165) is 48.9 Å². The molecule has 0 unspecified atom stereocenters. The summed E-state index contributed by atoms with van der Waals surface area (Å²) in [5.74, 6) is 0.244. The summed E-state index contributed by atoms with van der Waals surface area (Å²) in [5, 5.41) is 0.275. The molecule has 5 heteroatoms. The monoisotopic (exact) mass is 439 g/mol. The fraction of sp³-hybridized carbons (Fsp3) is 0.667. The molecule has 0 aromatic heterocycles. The normalized spacial score (nSPS) is 17.5. The van der Waals surface area contributed by atoms with E-state index in [0.29, 0.717) is 12.5 Å². The van der Waals surface area contributed by atoms with Gasteiger partial charge in [0.05, 0.1) is 0 Å². The second-order valence-corrected chi connectivity index (χ2v) is 14.6. The molecule has 0 spiro atoms. The predicted octanol–water partition coefficient (Wildman–Crippen LogP) is 5.90. The lowest BCUT2D eigenvalue weighted by molar-refractivity contribution is 0.0858. The SMILES string of the molecule is CC(C)(C)[Si](C)(C)OC1CCN(CCCC(=O)c2ccc(Br)cc2)CC1. The maximum atomic E-state index is 12.3. The number of hydrogen-bond acceptors (Lipinski definition) is 3. The van der Waals surface area contributed by atoms with Gasteiger partial charge < -0.3 is 9.33 Å². The molecule has 2 rings (SSSR count). The van der Waals surface area contributed by atoms with Crippen LogP contribution in [0, 0.1) is 0 Å². The minimum absolute atomic E-state index is 0.244. The molecule has 0 amide bonds. The summed E-state index contributed by atoms with van der Waals surface area (Å²) in [5.41, 5.74) is 0.815. The number of Topliss-reactive ketones (excluding diaryl/α,β-unsaturated/α-hetero) is 1. The van der Waals surface area contributed by atoms with Gasteiger partial charge in [-0.3, -0.25) is 4.79 Å². The van der Waals surface area contributed by atoms with E-state index in [2.05, 4.69) is 54.7 Å². The molecule has 1 aliphatic rings. The predicted molar refractivity (Wildman–Crippen MR) is 115 cm³/mol. The molecular weight excluding hydrogens is 406 g/mol. The molecule has 0 radical (unpaired) electrons. The summed E-state index contributed by atoms with van der Waals surface area (Å²) in [6.45, 7) is 14.8. The molecule has 0 atom stereocenters. The molecule has 0 N–H and O–H groups in total. The summed E-state index contributed by atoms with van der Waals surface area (Å²) in [6.07, 6.45) is 4.21. The van der Waals surface area contributed by atoms with Crippen molar-refractivity contribution in [3.63, 3.8) is 0 Å². The van der Waals surface area contributed by atoms with Crippen LogP contribution >= 0.6 is 15.9 Å². The fourth-order valence-electron chi connectivity index (χ4n) is 3.09. The molecule has 146 valence electrons. The number of carbonyl (C=O) groups is 1. The largest absolute Gasteiger partial charge is 0.414 e. The average Bonchev–Trinajstić information content (AvgIpc) is 2.55. The molecule has 3 nitrogen and oxygen atoms in total.